The van der Waals surface area contributed by atoms with Gasteiger partial charge in [0.1, 0.15) is 5.75 Å². The minimum Gasteiger partial charge on any atom is -0.507 e. The van der Waals surface area contributed by atoms with Crippen LogP contribution in [0.2, 0.25) is 0 Å². The van der Waals surface area contributed by atoms with Crippen molar-refractivity contribution >= 4 is 23.4 Å². The molecule has 3 aromatic rings. The maximum Gasteiger partial charge on any atom is 0.271 e. The summed E-state index contributed by atoms with van der Waals surface area (Å²) in [5.74, 6) is 0.531. The molecule has 0 aliphatic heterocycles. The monoisotopic (exact) mass is 378 g/mol. The number of phenolic OH excluding ortho intramolecular Hbond substituents is 1. The molecule has 7 heteroatoms. The molecule has 0 aliphatic carbocycles. The van der Waals surface area contributed by atoms with Gasteiger partial charge < -0.3 is 5.11 Å². The molecule has 0 atom stereocenters. The predicted octanol–water partition coefficient (Wildman–Crippen LogP) is 3.63. The number of hydrogen-bond donors (Lipinski definition) is 2. The zero-order chi connectivity index (χ0) is 19.1. The molecule has 0 radical (unpaired) electrons. The fraction of sp³-hybridized carbons (Fsp3) is 0.100. The van der Waals surface area contributed by atoms with E-state index in [-0.39, 0.29) is 11.7 Å². The third-order valence-corrected chi connectivity index (χ3v) is 4.69. The van der Waals surface area contributed by atoms with Crippen molar-refractivity contribution in [3.8, 4) is 5.75 Å². The van der Waals surface area contributed by atoms with Crippen LogP contribution in [0.15, 0.2) is 77.2 Å². The van der Waals surface area contributed by atoms with E-state index in [0.29, 0.717) is 22.0 Å². The average Bonchev–Trinajstić information content (AvgIpc) is 2.72. The Hall–Kier alpha value is -3.19. The molecule has 0 bridgehead atoms. The van der Waals surface area contributed by atoms with E-state index in [4.69, 9.17) is 0 Å². The third kappa shape index (κ3) is 5.15. The molecule has 0 aliphatic rings. The van der Waals surface area contributed by atoms with Crippen LogP contribution < -0.4 is 5.43 Å². The lowest BCUT2D eigenvalue weighted by Gasteiger charge is -2.06. The fourth-order valence-electron chi connectivity index (χ4n) is 2.30. The molecular formula is C20H18N4O2S. The molecule has 6 nitrogen and oxygen atoms in total. The van der Waals surface area contributed by atoms with Gasteiger partial charge in [-0.1, -0.05) is 36.0 Å². The van der Waals surface area contributed by atoms with E-state index in [1.54, 1.807) is 61.8 Å². The zero-order valence-electron chi connectivity index (χ0n) is 14.7. The molecule has 1 amide bonds. The van der Waals surface area contributed by atoms with E-state index >= 15 is 0 Å². The third-order valence-electron chi connectivity index (χ3n) is 3.75. The first-order valence-electron chi connectivity index (χ1n) is 8.25. The number of carbonyl (C=O) groups excluding carboxylic acids is 1. The molecule has 0 spiro atoms. The number of nitrogens with zero attached hydrogens (tertiary/aromatic N) is 3. The number of thioether (sulfide) groups is 1. The van der Waals surface area contributed by atoms with Crippen LogP contribution in [0.5, 0.6) is 5.75 Å². The fourth-order valence-corrected chi connectivity index (χ4v) is 3.06. The van der Waals surface area contributed by atoms with Gasteiger partial charge in [0.15, 0.2) is 5.16 Å². The molecule has 136 valence electrons. The van der Waals surface area contributed by atoms with Gasteiger partial charge in [0.05, 0.1) is 5.71 Å². The first-order chi connectivity index (χ1) is 13.1. The van der Waals surface area contributed by atoms with E-state index < -0.39 is 0 Å². The van der Waals surface area contributed by atoms with Gasteiger partial charge >= 0.3 is 0 Å². The SMILES string of the molecule is CC(=NNC(=O)c1ccc(CSc2ncccn2)cc1)c1ccccc1O. The Morgan fingerprint density at radius 1 is 1.07 bits per heavy atom. The number of benzene rings is 2. The van der Waals surface area contributed by atoms with E-state index in [1.165, 1.54) is 11.8 Å². The molecule has 1 aromatic heterocycles. The molecule has 0 saturated carbocycles. The van der Waals surface area contributed by atoms with Gasteiger partial charge in [-0.2, -0.15) is 5.10 Å². The van der Waals surface area contributed by atoms with E-state index in [1.807, 2.05) is 12.1 Å². The molecule has 1 heterocycles. The second-order valence-electron chi connectivity index (χ2n) is 5.67. The molecule has 0 unspecified atom stereocenters. The van der Waals surface area contributed by atoms with Crippen LogP contribution in [-0.4, -0.2) is 26.7 Å². The molecule has 2 N–H and O–H groups in total. The summed E-state index contributed by atoms with van der Waals surface area (Å²) in [6.07, 6.45) is 3.42. The predicted molar refractivity (Wildman–Crippen MR) is 106 cm³/mol. The molecule has 3 rings (SSSR count). The van der Waals surface area contributed by atoms with Crippen molar-refractivity contribution < 1.29 is 9.90 Å². The highest BCUT2D eigenvalue weighted by Gasteiger charge is 2.07. The first kappa shape index (κ1) is 18.6. The normalized spacial score (nSPS) is 11.2. The Kier molecular flexibility index (Phi) is 6.17. The summed E-state index contributed by atoms with van der Waals surface area (Å²) >= 11 is 1.53. The highest BCUT2D eigenvalue weighted by molar-refractivity contribution is 7.98. The van der Waals surface area contributed by atoms with Gasteiger partial charge in [0.2, 0.25) is 0 Å². The molecule has 0 saturated heterocycles. The minimum absolute atomic E-state index is 0.122. The van der Waals surface area contributed by atoms with Gasteiger partial charge in [0, 0.05) is 29.3 Å². The first-order valence-corrected chi connectivity index (χ1v) is 9.24. The molecule has 2 aromatic carbocycles. The Bertz CT molecular complexity index is 944. The van der Waals surface area contributed by atoms with Gasteiger partial charge in [0.25, 0.3) is 5.91 Å². The standard InChI is InChI=1S/C20H18N4O2S/c1-14(17-5-2-3-6-18(17)25)23-24-19(26)16-9-7-15(8-10-16)13-27-20-21-11-4-12-22-20/h2-12,25H,13H2,1H3,(H,24,26). The number of nitrogens with one attached hydrogen (secondary N) is 1. The molecule has 0 fully saturated rings. The summed E-state index contributed by atoms with van der Waals surface area (Å²) < 4.78 is 0. The maximum absolute atomic E-state index is 12.3. The minimum atomic E-state index is -0.310. The average molecular weight is 378 g/mol. The van der Waals surface area contributed by atoms with Crippen molar-refractivity contribution in [2.45, 2.75) is 17.8 Å². The summed E-state index contributed by atoms with van der Waals surface area (Å²) in [5.41, 5.74) is 5.19. The lowest BCUT2D eigenvalue weighted by Crippen LogP contribution is -2.19. The number of phenols is 1. The van der Waals surface area contributed by atoms with Gasteiger partial charge in [-0.15, -0.1) is 0 Å². The van der Waals surface area contributed by atoms with Crippen LogP contribution in [0, 0.1) is 0 Å². The maximum atomic E-state index is 12.3. The lowest BCUT2D eigenvalue weighted by molar-refractivity contribution is 0.0955. The van der Waals surface area contributed by atoms with Gasteiger partial charge in [-0.25, -0.2) is 15.4 Å². The Morgan fingerprint density at radius 2 is 1.78 bits per heavy atom. The summed E-state index contributed by atoms with van der Waals surface area (Å²) in [4.78, 5) is 20.6. The van der Waals surface area contributed by atoms with Crippen molar-refractivity contribution in [2.24, 2.45) is 5.10 Å². The van der Waals surface area contributed by atoms with Crippen molar-refractivity contribution in [3.63, 3.8) is 0 Å². The number of hydrazone groups is 1. The number of aromatic hydroxyl groups is 1. The summed E-state index contributed by atoms with van der Waals surface area (Å²) in [6.45, 7) is 1.72. The number of hydrogen-bond acceptors (Lipinski definition) is 6. The second-order valence-corrected chi connectivity index (χ2v) is 6.61. The summed E-state index contributed by atoms with van der Waals surface area (Å²) in [7, 11) is 0. The number of aromatic nitrogens is 2. The summed E-state index contributed by atoms with van der Waals surface area (Å²) in [6, 6.07) is 15.9. The van der Waals surface area contributed by atoms with Crippen LogP contribution in [-0.2, 0) is 5.75 Å². The van der Waals surface area contributed by atoms with Gasteiger partial charge in [-0.05, 0) is 42.8 Å². The number of amides is 1. The Balaban J connectivity index is 1.59. The molecular weight excluding hydrogens is 360 g/mol. The van der Waals surface area contributed by atoms with Crippen molar-refractivity contribution in [3.05, 3.63) is 83.7 Å². The van der Waals surface area contributed by atoms with Crippen LogP contribution in [0.25, 0.3) is 0 Å². The Morgan fingerprint density at radius 3 is 2.48 bits per heavy atom. The van der Waals surface area contributed by atoms with Crippen LogP contribution in [0.1, 0.15) is 28.4 Å². The highest BCUT2D eigenvalue weighted by Crippen LogP contribution is 2.19. The quantitative estimate of drug-likeness (QED) is 0.296. The topological polar surface area (TPSA) is 87.5 Å². The second kappa shape index (κ2) is 8.95. The zero-order valence-corrected chi connectivity index (χ0v) is 15.5. The number of carbonyl (C=O) groups is 1. The molecule has 27 heavy (non-hydrogen) atoms. The summed E-state index contributed by atoms with van der Waals surface area (Å²) in [5, 5.41) is 14.6. The largest absolute Gasteiger partial charge is 0.507 e. The number of para-hydroxylation sites is 1. The van der Waals surface area contributed by atoms with Crippen molar-refractivity contribution in [1.29, 1.82) is 0 Å². The van der Waals surface area contributed by atoms with E-state index in [9.17, 15) is 9.90 Å². The van der Waals surface area contributed by atoms with Crippen LogP contribution in [0.3, 0.4) is 0 Å². The van der Waals surface area contributed by atoms with Crippen molar-refractivity contribution in [1.82, 2.24) is 15.4 Å². The van der Waals surface area contributed by atoms with E-state index in [0.717, 1.165) is 11.3 Å². The Labute approximate surface area is 161 Å². The van der Waals surface area contributed by atoms with Crippen LogP contribution in [0.4, 0.5) is 0 Å². The van der Waals surface area contributed by atoms with Gasteiger partial charge in [-0.3, -0.25) is 4.79 Å². The number of rotatable bonds is 6. The highest BCUT2D eigenvalue weighted by atomic mass is 32.2. The van der Waals surface area contributed by atoms with Crippen LogP contribution >= 0.6 is 11.8 Å². The smallest absolute Gasteiger partial charge is 0.271 e. The lowest BCUT2D eigenvalue weighted by atomic mass is 10.1. The van der Waals surface area contributed by atoms with Crippen molar-refractivity contribution in [2.75, 3.05) is 0 Å². The van der Waals surface area contributed by atoms with E-state index in [2.05, 4.69) is 20.5 Å².